The third-order valence-corrected chi connectivity index (χ3v) is 4.91. The zero-order chi connectivity index (χ0) is 7.90. The fraction of sp³-hybridized carbons (Fsp3) is 0.500. The number of rotatable bonds is 0. The average molecular weight is 232 g/mol. The fourth-order valence-corrected chi connectivity index (χ4v) is 5.19. The number of fused-ring (bicyclic) bond motifs is 1. The molecule has 3 heteroatoms. The maximum atomic E-state index is 3.49. The van der Waals surface area contributed by atoms with E-state index in [-0.39, 0.29) is 0 Å². The summed E-state index contributed by atoms with van der Waals surface area (Å²) in [5.74, 6) is 0. The van der Waals surface area contributed by atoms with Gasteiger partial charge in [0, 0.05) is 0 Å². The molecule has 1 aliphatic heterocycles. The minimum absolute atomic E-state index is 0.356. The van der Waals surface area contributed by atoms with Crippen LogP contribution in [0.1, 0.15) is 19.4 Å². The topological polar surface area (TPSA) is 12.0 Å². The van der Waals surface area contributed by atoms with Crippen LogP contribution in [0.15, 0.2) is 10.8 Å². The van der Waals surface area contributed by atoms with Gasteiger partial charge in [-0.3, -0.25) is 0 Å². The van der Waals surface area contributed by atoms with Crippen molar-refractivity contribution in [2.24, 2.45) is 0 Å². The van der Waals surface area contributed by atoms with E-state index in [1.54, 1.807) is 10.0 Å². The Labute approximate surface area is 77.6 Å². The molecule has 0 fully saturated rings. The van der Waals surface area contributed by atoms with E-state index in [4.69, 9.17) is 0 Å². The summed E-state index contributed by atoms with van der Waals surface area (Å²) in [7, 11) is 0. The standard InChI is InChI=1S/C8H11NSSe/c1-8(2)5-9-11-7-4-10-3-6(7)8/h3-4,9H,5H2,1-2H3. The van der Waals surface area contributed by atoms with Crippen LogP contribution in [-0.2, 0) is 5.41 Å². The molecule has 2 rings (SSSR count). The average Bonchev–Trinajstić information content (AvgIpc) is 2.34. The quantitative estimate of drug-likeness (QED) is 0.655. The second-order valence-electron chi connectivity index (χ2n) is 3.46. The molecule has 2 heterocycles. The molecule has 0 unspecified atom stereocenters. The molecule has 1 N–H and O–H groups in total. The Bertz CT molecular complexity index is 267. The Morgan fingerprint density at radius 3 is 3.09 bits per heavy atom. The van der Waals surface area contributed by atoms with Crippen LogP contribution in [0, 0.1) is 0 Å². The molecule has 0 aromatic carbocycles. The molecule has 0 aliphatic carbocycles. The number of hydrogen-bond acceptors (Lipinski definition) is 2. The predicted octanol–water partition coefficient (Wildman–Crippen LogP) is 0.873. The molecular weight excluding hydrogens is 221 g/mol. The van der Waals surface area contributed by atoms with Crippen molar-refractivity contribution in [3.05, 3.63) is 16.3 Å². The van der Waals surface area contributed by atoms with Gasteiger partial charge < -0.3 is 0 Å². The van der Waals surface area contributed by atoms with Gasteiger partial charge in [0.2, 0.25) is 0 Å². The summed E-state index contributed by atoms with van der Waals surface area (Å²) in [5.41, 5.74) is 1.93. The first-order valence-corrected chi connectivity index (χ1v) is 6.32. The van der Waals surface area contributed by atoms with E-state index in [0.29, 0.717) is 20.6 Å². The number of thiophene rings is 1. The molecule has 0 radical (unpaired) electrons. The normalized spacial score (nSPS) is 21.3. The Morgan fingerprint density at radius 1 is 1.55 bits per heavy atom. The van der Waals surface area contributed by atoms with Gasteiger partial charge in [0.25, 0.3) is 0 Å². The van der Waals surface area contributed by atoms with E-state index >= 15 is 0 Å². The van der Waals surface area contributed by atoms with Crippen molar-refractivity contribution in [3.63, 3.8) is 0 Å². The Hall–Kier alpha value is 0.179. The molecule has 0 amide bonds. The SMILES string of the molecule is CC1(C)CN[Se]c2cscc21. The molecule has 1 aliphatic rings. The van der Waals surface area contributed by atoms with Gasteiger partial charge in [-0.2, -0.15) is 0 Å². The van der Waals surface area contributed by atoms with Gasteiger partial charge in [-0.1, -0.05) is 0 Å². The zero-order valence-electron chi connectivity index (χ0n) is 6.68. The Kier molecular flexibility index (Phi) is 1.84. The van der Waals surface area contributed by atoms with Crippen LogP contribution in [-0.4, -0.2) is 21.7 Å². The van der Waals surface area contributed by atoms with E-state index in [1.807, 2.05) is 11.3 Å². The van der Waals surface area contributed by atoms with Crippen LogP contribution >= 0.6 is 11.3 Å². The molecule has 60 valence electrons. The van der Waals surface area contributed by atoms with Crippen molar-refractivity contribution in [3.8, 4) is 0 Å². The van der Waals surface area contributed by atoms with Gasteiger partial charge in [-0.15, -0.1) is 0 Å². The molecule has 11 heavy (non-hydrogen) atoms. The molecule has 1 aromatic rings. The summed E-state index contributed by atoms with van der Waals surface area (Å²) < 4.78 is 5.04. The van der Waals surface area contributed by atoms with Crippen LogP contribution in [0.3, 0.4) is 0 Å². The molecule has 1 aromatic heterocycles. The van der Waals surface area contributed by atoms with Gasteiger partial charge in [0.15, 0.2) is 0 Å². The van der Waals surface area contributed by atoms with Crippen LogP contribution in [0.4, 0.5) is 0 Å². The predicted molar refractivity (Wildman–Crippen MR) is 50.7 cm³/mol. The summed E-state index contributed by atoms with van der Waals surface area (Å²) in [4.78, 5) is 0. The molecule has 0 saturated heterocycles. The third-order valence-electron chi connectivity index (χ3n) is 2.05. The van der Waals surface area contributed by atoms with Gasteiger partial charge in [0.1, 0.15) is 0 Å². The van der Waals surface area contributed by atoms with E-state index in [0.717, 1.165) is 6.54 Å². The van der Waals surface area contributed by atoms with Crippen LogP contribution < -0.4 is 8.79 Å². The second kappa shape index (κ2) is 2.60. The fourth-order valence-electron chi connectivity index (χ4n) is 1.25. The monoisotopic (exact) mass is 233 g/mol. The molecular formula is C8H11NSSe. The maximum absolute atomic E-state index is 3.49. The van der Waals surface area contributed by atoms with Crippen molar-refractivity contribution in [2.75, 3.05) is 6.54 Å². The molecule has 0 saturated carbocycles. The first-order valence-electron chi connectivity index (χ1n) is 3.66. The van der Waals surface area contributed by atoms with Crippen LogP contribution in [0.25, 0.3) is 0 Å². The van der Waals surface area contributed by atoms with E-state index in [9.17, 15) is 0 Å². The summed E-state index contributed by atoms with van der Waals surface area (Å²) in [5, 5.41) is 4.58. The third kappa shape index (κ3) is 1.27. The summed E-state index contributed by atoms with van der Waals surface area (Å²) in [6.07, 6.45) is 0. The van der Waals surface area contributed by atoms with Crippen molar-refractivity contribution in [1.82, 2.24) is 4.33 Å². The Morgan fingerprint density at radius 2 is 2.36 bits per heavy atom. The van der Waals surface area contributed by atoms with Crippen LogP contribution in [0.2, 0.25) is 0 Å². The van der Waals surface area contributed by atoms with Crippen LogP contribution in [0.5, 0.6) is 0 Å². The van der Waals surface area contributed by atoms with E-state index < -0.39 is 0 Å². The van der Waals surface area contributed by atoms with Gasteiger partial charge in [-0.25, -0.2) is 0 Å². The van der Waals surface area contributed by atoms with Crippen molar-refractivity contribution >= 4 is 31.0 Å². The molecule has 0 bridgehead atoms. The Balaban J connectivity index is 2.48. The molecule has 0 spiro atoms. The zero-order valence-corrected chi connectivity index (χ0v) is 9.21. The number of hydrogen-bond donors (Lipinski definition) is 1. The van der Waals surface area contributed by atoms with E-state index in [1.165, 1.54) is 0 Å². The molecule has 1 nitrogen and oxygen atoms in total. The number of nitrogens with one attached hydrogen (secondary N) is 1. The van der Waals surface area contributed by atoms with Crippen molar-refractivity contribution < 1.29 is 0 Å². The van der Waals surface area contributed by atoms with Gasteiger partial charge in [0.05, 0.1) is 0 Å². The summed E-state index contributed by atoms with van der Waals surface area (Å²) in [6, 6.07) is 0. The second-order valence-corrected chi connectivity index (χ2v) is 6.16. The van der Waals surface area contributed by atoms with Crippen molar-refractivity contribution in [2.45, 2.75) is 19.3 Å². The summed E-state index contributed by atoms with van der Waals surface area (Å²) >= 11 is 2.37. The minimum atomic E-state index is 0.356. The van der Waals surface area contributed by atoms with Gasteiger partial charge in [-0.05, 0) is 0 Å². The first kappa shape index (κ1) is 7.81. The first-order chi connectivity index (χ1) is 5.20. The van der Waals surface area contributed by atoms with E-state index in [2.05, 4.69) is 28.9 Å². The van der Waals surface area contributed by atoms with Crippen molar-refractivity contribution in [1.29, 1.82) is 0 Å². The molecule has 0 atom stereocenters. The van der Waals surface area contributed by atoms with Gasteiger partial charge >= 0.3 is 77.4 Å². The summed E-state index contributed by atoms with van der Waals surface area (Å²) in [6.45, 7) is 5.75.